The van der Waals surface area contributed by atoms with E-state index in [1.54, 1.807) is 19.2 Å². The van der Waals surface area contributed by atoms with Gasteiger partial charge in [0.05, 0.1) is 5.02 Å². The Morgan fingerprint density at radius 1 is 1.29 bits per heavy atom. The lowest BCUT2D eigenvalue weighted by molar-refractivity contribution is 0.0516. The van der Waals surface area contributed by atoms with Gasteiger partial charge >= 0.3 is 0 Å². The Balaban J connectivity index is 1.76. The van der Waals surface area contributed by atoms with E-state index in [0.29, 0.717) is 22.5 Å². The van der Waals surface area contributed by atoms with Crippen LogP contribution in [-0.4, -0.2) is 35.9 Å². The van der Waals surface area contributed by atoms with Gasteiger partial charge in [-0.3, -0.25) is 4.79 Å². The van der Waals surface area contributed by atoms with E-state index in [-0.39, 0.29) is 5.91 Å². The van der Waals surface area contributed by atoms with E-state index in [1.807, 2.05) is 4.90 Å². The van der Waals surface area contributed by atoms with Crippen LogP contribution in [0.1, 0.15) is 42.6 Å². The highest BCUT2D eigenvalue weighted by Gasteiger charge is 2.34. The van der Waals surface area contributed by atoms with Crippen molar-refractivity contribution in [2.24, 2.45) is 11.8 Å². The van der Waals surface area contributed by atoms with Crippen LogP contribution in [0.5, 0.6) is 0 Å². The summed E-state index contributed by atoms with van der Waals surface area (Å²) in [6.45, 7) is 1.70. The Morgan fingerprint density at radius 3 is 2.81 bits per heavy atom. The molecule has 0 radical (unpaired) electrons. The number of hydrogen-bond donors (Lipinski definition) is 1. The predicted molar refractivity (Wildman–Crippen MR) is 84.8 cm³/mol. The number of piperidine rings is 1. The normalized spacial score (nSPS) is 25.3. The van der Waals surface area contributed by atoms with Crippen LogP contribution >= 0.6 is 11.6 Å². The molecule has 114 valence electrons. The standard InChI is InChI=1S/C16H22ClN3O/c1-18-14-7-6-13(17)15(19-14)16(21)20-9-8-11-4-2-3-5-12(11)10-20/h6-7,11-12H,2-5,8-10H2,1H3,(H,18,19). The summed E-state index contributed by atoms with van der Waals surface area (Å²) in [5.74, 6) is 2.13. The molecular formula is C16H22ClN3O. The SMILES string of the molecule is CNc1ccc(Cl)c(C(=O)N2CCC3CCCCC3C2)n1. The third-order valence-corrected chi connectivity index (χ3v) is 5.19. The molecule has 1 aromatic heterocycles. The van der Waals surface area contributed by atoms with Crippen LogP contribution in [0.2, 0.25) is 5.02 Å². The van der Waals surface area contributed by atoms with E-state index < -0.39 is 0 Å². The number of anilines is 1. The Morgan fingerprint density at radius 2 is 2.05 bits per heavy atom. The van der Waals surface area contributed by atoms with Crippen molar-refractivity contribution in [3.63, 3.8) is 0 Å². The zero-order valence-corrected chi connectivity index (χ0v) is 13.2. The second-order valence-electron chi connectivity index (χ2n) is 6.12. The van der Waals surface area contributed by atoms with E-state index in [9.17, 15) is 4.79 Å². The average Bonchev–Trinajstić information content (AvgIpc) is 2.54. The fraction of sp³-hybridized carbons (Fsp3) is 0.625. The summed E-state index contributed by atoms with van der Waals surface area (Å²) < 4.78 is 0. The van der Waals surface area contributed by atoms with Gasteiger partial charge in [0.2, 0.25) is 0 Å². The van der Waals surface area contributed by atoms with Crippen LogP contribution in [0, 0.1) is 11.8 Å². The first-order valence-electron chi connectivity index (χ1n) is 7.82. The Labute approximate surface area is 130 Å². The smallest absolute Gasteiger partial charge is 0.274 e. The number of hydrogen-bond acceptors (Lipinski definition) is 3. The Hall–Kier alpha value is -1.29. The van der Waals surface area contributed by atoms with Crippen LogP contribution in [0.3, 0.4) is 0 Å². The van der Waals surface area contributed by atoms with Gasteiger partial charge in [0, 0.05) is 20.1 Å². The first-order chi connectivity index (χ1) is 10.2. The summed E-state index contributed by atoms with van der Waals surface area (Å²) in [4.78, 5) is 19.0. The molecule has 21 heavy (non-hydrogen) atoms. The molecule has 2 atom stereocenters. The molecule has 1 N–H and O–H groups in total. The lowest BCUT2D eigenvalue weighted by Gasteiger charge is -2.41. The van der Waals surface area contributed by atoms with Crippen molar-refractivity contribution in [1.29, 1.82) is 0 Å². The van der Waals surface area contributed by atoms with Crippen molar-refractivity contribution in [3.05, 3.63) is 22.8 Å². The lowest BCUT2D eigenvalue weighted by atomic mass is 9.75. The second kappa shape index (κ2) is 6.22. The number of amides is 1. The van der Waals surface area contributed by atoms with E-state index in [0.717, 1.165) is 25.4 Å². The molecule has 1 aliphatic carbocycles. The summed E-state index contributed by atoms with van der Waals surface area (Å²) in [5, 5.41) is 3.39. The maximum absolute atomic E-state index is 12.7. The fourth-order valence-corrected chi connectivity index (χ4v) is 3.85. The van der Waals surface area contributed by atoms with Gasteiger partial charge in [-0.1, -0.05) is 30.9 Å². The minimum Gasteiger partial charge on any atom is -0.373 e. The van der Waals surface area contributed by atoms with Crippen molar-refractivity contribution in [2.75, 3.05) is 25.5 Å². The highest BCUT2D eigenvalue weighted by atomic mass is 35.5. The number of pyridine rings is 1. The molecule has 1 aliphatic heterocycles. The maximum atomic E-state index is 12.7. The molecule has 3 rings (SSSR count). The summed E-state index contributed by atoms with van der Waals surface area (Å²) in [6.07, 6.45) is 6.37. The minimum atomic E-state index is -0.0267. The summed E-state index contributed by atoms with van der Waals surface area (Å²) in [7, 11) is 1.79. The average molecular weight is 308 g/mol. The van der Waals surface area contributed by atoms with Gasteiger partial charge in [0.15, 0.2) is 0 Å². The molecule has 0 spiro atoms. The summed E-state index contributed by atoms with van der Waals surface area (Å²) >= 11 is 6.17. The van der Waals surface area contributed by atoms with Crippen LogP contribution in [0.4, 0.5) is 5.82 Å². The largest absolute Gasteiger partial charge is 0.373 e. The van der Waals surface area contributed by atoms with E-state index in [1.165, 1.54) is 25.7 Å². The summed E-state index contributed by atoms with van der Waals surface area (Å²) in [6, 6.07) is 3.52. The molecule has 0 bridgehead atoms. The number of carbonyl (C=O) groups is 1. The van der Waals surface area contributed by atoms with Crippen LogP contribution in [-0.2, 0) is 0 Å². The highest BCUT2D eigenvalue weighted by Crippen LogP contribution is 2.36. The number of halogens is 1. The monoisotopic (exact) mass is 307 g/mol. The molecule has 0 aromatic carbocycles. The van der Waals surface area contributed by atoms with Gasteiger partial charge < -0.3 is 10.2 Å². The van der Waals surface area contributed by atoms with Gasteiger partial charge in [0.1, 0.15) is 11.5 Å². The van der Waals surface area contributed by atoms with Crippen molar-refractivity contribution in [1.82, 2.24) is 9.88 Å². The van der Waals surface area contributed by atoms with Crippen LogP contribution < -0.4 is 5.32 Å². The molecule has 1 aromatic rings. The number of aromatic nitrogens is 1. The van der Waals surface area contributed by atoms with Crippen molar-refractivity contribution in [2.45, 2.75) is 32.1 Å². The minimum absolute atomic E-state index is 0.0267. The molecule has 2 aliphatic rings. The van der Waals surface area contributed by atoms with E-state index >= 15 is 0 Å². The molecule has 1 amide bonds. The summed E-state index contributed by atoms with van der Waals surface area (Å²) in [5.41, 5.74) is 0.373. The van der Waals surface area contributed by atoms with Gasteiger partial charge in [-0.2, -0.15) is 0 Å². The molecule has 4 nitrogen and oxygen atoms in total. The molecule has 1 saturated heterocycles. The van der Waals surface area contributed by atoms with E-state index in [4.69, 9.17) is 11.6 Å². The van der Waals surface area contributed by atoms with Crippen LogP contribution in [0.15, 0.2) is 12.1 Å². The fourth-order valence-electron chi connectivity index (χ4n) is 3.67. The van der Waals surface area contributed by atoms with Gasteiger partial charge in [-0.15, -0.1) is 0 Å². The quantitative estimate of drug-likeness (QED) is 0.910. The molecule has 2 heterocycles. The number of nitrogens with one attached hydrogen (secondary N) is 1. The van der Waals surface area contributed by atoms with Crippen molar-refractivity contribution >= 4 is 23.3 Å². The Kier molecular flexibility index (Phi) is 4.34. The van der Waals surface area contributed by atoms with Crippen LogP contribution in [0.25, 0.3) is 0 Å². The highest BCUT2D eigenvalue weighted by molar-refractivity contribution is 6.33. The van der Waals surface area contributed by atoms with Gasteiger partial charge in [-0.05, 0) is 36.8 Å². The third kappa shape index (κ3) is 3.00. The molecule has 2 unspecified atom stereocenters. The van der Waals surface area contributed by atoms with Crippen molar-refractivity contribution in [3.8, 4) is 0 Å². The number of fused-ring (bicyclic) bond motifs is 1. The van der Waals surface area contributed by atoms with Gasteiger partial charge in [-0.25, -0.2) is 4.98 Å². The third-order valence-electron chi connectivity index (χ3n) is 4.88. The lowest BCUT2D eigenvalue weighted by Crippen LogP contribution is -2.45. The zero-order valence-electron chi connectivity index (χ0n) is 12.4. The maximum Gasteiger partial charge on any atom is 0.274 e. The zero-order chi connectivity index (χ0) is 14.8. The number of nitrogens with zero attached hydrogens (tertiary/aromatic N) is 2. The first kappa shape index (κ1) is 14.6. The molecule has 1 saturated carbocycles. The molecule has 2 fully saturated rings. The molecular weight excluding hydrogens is 286 g/mol. The predicted octanol–water partition coefficient (Wildman–Crippen LogP) is 3.43. The molecule has 5 heteroatoms. The topological polar surface area (TPSA) is 45.2 Å². The Bertz CT molecular complexity index is 534. The van der Waals surface area contributed by atoms with E-state index in [2.05, 4.69) is 10.3 Å². The van der Waals surface area contributed by atoms with Gasteiger partial charge in [0.25, 0.3) is 5.91 Å². The number of carbonyl (C=O) groups excluding carboxylic acids is 1. The van der Waals surface area contributed by atoms with Crippen molar-refractivity contribution < 1.29 is 4.79 Å². The number of rotatable bonds is 2. The first-order valence-corrected chi connectivity index (χ1v) is 8.20. The number of likely N-dealkylation sites (tertiary alicyclic amines) is 1. The second-order valence-corrected chi connectivity index (χ2v) is 6.53.